The molecule has 0 spiro atoms. The zero-order chi connectivity index (χ0) is 25.3. The number of hydrogen-bond donors (Lipinski definition) is 4. The minimum Gasteiger partial charge on any atom is -0.453 e. The summed E-state index contributed by atoms with van der Waals surface area (Å²) in [5, 5.41) is 5.65. The molecule has 10 nitrogen and oxygen atoms in total. The second-order valence-electron chi connectivity index (χ2n) is 7.38. The van der Waals surface area contributed by atoms with Crippen LogP contribution < -0.4 is 25.8 Å². The van der Waals surface area contributed by atoms with Crippen molar-refractivity contribution >= 4 is 39.5 Å². The van der Waals surface area contributed by atoms with E-state index in [0.717, 1.165) is 12.1 Å². The van der Waals surface area contributed by atoms with Gasteiger partial charge in [-0.25, -0.2) is 14.6 Å². The number of urea groups is 1. The van der Waals surface area contributed by atoms with Crippen molar-refractivity contribution in [2.75, 3.05) is 10.6 Å². The van der Waals surface area contributed by atoms with Gasteiger partial charge in [-0.15, -0.1) is 13.2 Å². The van der Waals surface area contributed by atoms with E-state index in [1.807, 2.05) is 0 Å². The van der Waals surface area contributed by atoms with Crippen molar-refractivity contribution in [3.8, 4) is 17.2 Å². The average Bonchev–Trinajstić information content (AvgIpc) is 3.21. The Morgan fingerprint density at radius 1 is 0.917 bits per heavy atom. The lowest BCUT2D eigenvalue weighted by Crippen LogP contribution is -2.20. The molecular weight excluding hydrogens is 481 g/mol. The van der Waals surface area contributed by atoms with Crippen molar-refractivity contribution in [3.63, 3.8) is 0 Å². The summed E-state index contributed by atoms with van der Waals surface area (Å²) in [5.74, 6) is 0.221. The molecule has 5 aromatic rings. The summed E-state index contributed by atoms with van der Waals surface area (Å²) < 4.78 is 47.3. The molecule has 4 N–H and O–H groups in total. The van der Waals surface area contributed by atoms with Crippen LogP contribution in [0.5, 0.6) is 17.2 Å². The molecule has 0 atom stereocenters. The summed E-state index contributed by atoms with van der Waals surface area (Å²) >= 11 is 0. The number of pyridine rings is 2. The van der Waals surface area contributed by atoms with Crippen molar-refractivity contribution in [2.45, 2.75) is 6.36 Å². The van der Waals surface area contributed by atoms with Crippen LogP contribution >= 0.6 is 0 Å². The van der Waals surface area contributed by atoms with Crippen molar-refractivity contribution in [3.05, 3.63) is 77.5 Å². The van der Waals surface area contributed by atoms with E-state index in [1.54, 1.807) is 36.5 Å². The predicted octanol–water partition coefficient (Wildman–Crippen LogP) is 5.13. The molecule has 2 amide bonds. The van der Waals surface area contributed by atoms with Crippen LogP contribution in [0.1, 0.15) is 0 Å². The number of aromatic amines is 2. The number of nitrogens with zero attached hydrogens (tertiary/aromatic N) is 2. The van der Waals surface area contributed by atoms with Gasteiger partial charge in [0.2, 0.25) is 0 Å². The molecule has 3 aromatic heterocycles. The zero-order valence-corrected chi connectivity index (χ0v) is 18.0. The molecule has 0 saturated carbocycles. The van der Waals surface area contributed by atoms with Crippen LogP contribution in [0.15, 0.2) is 71.8 Å². The number of aromatic nitrogens is 4. The first-order chi connectivity index (χ1) is 17.2. The number of anilines is 2. The average molecular weight is 496 g/mol. The third-order valence-corrected chi connectivity index (χ3v) is 4.91. The summed E-state index contributed by atoms with van der Waals surface area (Å²) in [5.41, 5.74) is 1.16. The molecule has 0 saturated heterocycles. The Kier molecular flexibility index (Phi) is 5.64. The van der Waals surface area contributed by atoms with E-state index in [-0.39, 0.29) is 5.69 Å². The molecule has 0 fully saturated rings. The van der Waals surface area contributed by atoms with Crippen molar-refractivity contribution in [1.29, 1.82) is 0 Å². The third-order valence-electron chi connectivity index (χ3n) is 4.91. The van der Waals surface area contributed by atoms with Crippen LogP contribution in [-0.2, 0) is 0 Å². The lowest BCUT2D eigenvalue weighted by Gasteiger charge is -2.14. The first kappa shape index (κ1) is 22.7. The van der Waals surface area contributed by atoms with E-state index >= 15 is 0 Å². The topological polar surface area (TPSA) is 134 Å². The van der Waals surface area contributed by atoms with Crippen LogP contribution in [0.3, 0.4) is 0 Å². The van der Waals surface area contributed by atoms with E-state index in [2.05, 4.69) is 35.3 Å². The first-order valence-corrected chi connectivity index (χ1v) is 10.3. The summed E-state index contributed by atoms with van der Waals surface area (Å²) in [4.78, 5) is 37.8. The van der Waals surface area contributed by atoms with Crippen LogP contribution in [0, 0.1) is 0 Å². The van der Waals surface area contributed by atoms with E-state index in [1.165, 1.54) is 18.3 Å². The molecule has 0 bridgehead atoms. The third kappa shape index (κ3) is 4.89. The SMILES string of the molecule is O=C(Nc1cccc(OC(F)(F)F)c1)Nc1ccc(Oc2ccnc3[nH]c(=O)[nH]c23)c2ncccc12. The van der Waals surface area contributed by atoms with Gasteiger partial charge in [-0.1, -0.05) is 6.07 Å². The Hall–Kier alpha value is -5.07. The summed E-state index contributed by atoms with van der Waals surface area (Å²) in [6.07, 6.45) is -1.83. The smallest absolute Gasteiger partial charge is 0.453 e. The number of alkyl halides is 3. The first-order valence-electron chi connectivity index (χ1n) is 10.3. The molecule has 0 radical (unpaired) electrons. The highest BCUT2D eigenvalue weighted by Crippen LogP contribution is 2.34. The van der Waals surface area contributed by atoms with Gasteiger partial charge in [0, 0.05) is 35.6 Å². The number of carbonyl (C=O) groups excluding carboxylic acids is 1. The fraction of sp³-hybridized carbons (Fsp3) is 0.0435. The van der Waals surface area contributed by atoms with Crippen molar-refractivity contribution < 1.29 is 27.4 Å². The van der Waals surface area contributed by atoms with Crippen LogP contribution in [0.25, 0.3) is 22.1 Å². The van der Waals surface area contributed by atoms with Gasteiger partial charge in [-0.05, 0) is 36.4 Å². The predicted molar refractivity (Wildman–Crippen MR) is 124 cm³/mol. The Bertz CT molecular complexity index is 1650. The maximum atomic E-state index is 12.6. The van der Waals surface area contributed by atoms with Gasteiger partial charge in [0.1, 0.15) is 16.8 Å². The minimum absolute atomic E-state index is 0.0961. The number of ether oxygens (including phenoxy) is 2. The van der Waals surface area contributed by atoms with Gasteiger partial charge >= 0.3 is 18.1 Å². The van der Waals surface area contributed by atoms with Gasteiger partial charge < -0.3 is 25.1 Å². The number of benzene rings is 2. The lowest BCUT2D eigenvalue weighted by atomic mass is 10.1. The summed E-state index contributed by atoms with van der Waals surface area (Å²) in [6, 6.07) is 12.3. The zero-order valence-electron chi connectivity index (χ0n) is 18.0. The molecule has 3 heterocycles. The molecule has 13 heteroatoms. The summed E-state index contributed by atoms with van der Waals surface area (Å²) in [6.45, 7) is 0. The molecule has 0 unspecified atom stereocenters. The van der Waals surface area contributed by atoms with Crippen LogP contribution in [0.2, 0.25) is 0 Å². The van der Waals surface area contributed by atoms with E-state index in [9.17, 15) is 22.8 Å². The number of fused-ring (bicyclic) bond motifs is 2. The number of nitrogens with one attached hydrogen (secondary N) is 4. The highest BCUT2D eigenvalue weighted by Gasteiger charge is 2.31. The van der Waals surface area contributed by atoms with Crippen LogP contribution in [0.4, 0.5) is 29.3 Å². The van der Waals surface area contributed by atoms with Crippen LogP contribution in [-0.4, -0.2) is 32.3 Å². The number of hydrogen-bond acceptors (Lipinski definition) is 6. The van der Waals surface area contributed by atoms with Crippen molar-refractivity contribution in [1.82, 2.24) is 19.9 Å². The second kappa shape index (κ2) is 8.94. The van der Waals surface area contributed by atoms with E-state index < -0.39 is 23.8 Å². The molecule has 0 aliphatic heterocycles. The maximum Gasteiger partial charge on any atom is 0.573 e. The molecule has 182 valence electrons. The minimum atomic E-state index is -4.85. The normalized spacial score (nSPS) is 11.4. The van der Waals surface area contributed by atoms with Gasteiger partial charge in [0.05, 0.1) is 5.69 Å². The Balaban J connectivity index is 1.39. The van der Waals surface area contributed by atoms with Gasteiger partial charge in [0.15, 0.2) is 17.1 Å². The van der Waals surface area contributed by atoms with E-state index in [0.29, 0.717) is 39.3 Å². The number of H-pyrrole nitrogens is 2. The molecule has 36 heavy (non-hydrogen) atoms. The lowest BCUT2D eigenvalue weighted by molar-refractivity contribution is -0.274. The van der Waals surface area contributed by atoms with Gasteiger partial charge in [-0.3, -0.25) is 9.97 Å². The monoisotopic (exact) mass is 496 g/mol. The number of rotatable bonds is 5. The van der Waals surface area contributed by atoms with Gasteiger partial charge in [0.25, 0.3) is 0 Å². The summed E-state index contributed by atoms with van der Waals surface area (Å²) in [7, 11) is 0. The number of carbonyl (C=O) groups is 1. The van der Waals surface area contributed by atoms with Gasteiger partial charge in [-0.2, -0.15) is 0 Å². The Morgan fingerprint density at radius 3 is 2.61 bits per heavy atom. The highest BCUT2D eigenvalue weighted by atomic mass is 19.4. The quantitative estimate of drug-likeness (QED) is 0.266. The fourth-order valence-corrected chi connectivity index (χ4v) is 3.51. The Labute approximate surface area is 199 Å². The highest BCUT2D eigenvalue weighted by molar-refractivity contribution is 6.06. The molecule has 0 aliphatic carbocycles. The number of halogens is 3. The molecular formula is C23H15F3N6O4. The fourth-order valence-electron chi connectivity index (χ4n) is 3.51. The molecule has 5 rings (SSSR count). The number of imidazole rings is 1. The largest absolute Gasteiger partial charge is 0.573 e. The van der Waals surface area contributed by atoms with E-state index in [4.69, 9.17) is 4.74 Å². The molecule has 0 aliphatic rings. The van der Waals surface area contributed by atoms with Crippen molar-refractivity contribution in [2.24, 2.45) is 0 Å². The number of amides is 2. The second-order valence-corrected chi connectivity index (χ2v) is 7.38. The maximum absolute atomic E-state index is 12.6. The standard InChI is InChI=1S/C23H15F3N6O4/c24-23(25,26)36-13-4-1-3-12(11-13)29-21(33)30-15-6-7-16(18-14(15)5-2-9-27-18)35-17-8-10-28-20-19(17)31-22(34)32-20/h1-11H,(H2,29,30,33)(H2,28,31,32,34). The Morgan fingerprint density at radius 2 is 1.78 bits per heavy atom. The molecule has 2 aromatic carbocycles.